The maximum atomic E-state index is 5.88. The molecule has 0 unspecified atom stereocenters. The Morgan fingerprint density at radius 2 is 2.33 bits per heavy atom. The molecule has 2 nitrogen and oxygen atoms in total. The smallest absolute Gasteiger partial charge is 0.142 e. The lowest BCUT2D eigenvalue weighted by atomic mass is 10.3. The van der Waals surface area contributed by atoms with Crippen molar-refractivity contribution in [3.8, 4) is 18.1 Å². The average Bonchev–Trinajstić information content (AvgIpc) is 2.25. The van der Waals surface area contributed by atoms with E-state index in [1.54, 1.807) is 6.07 Å². The van der Waals surface area contributed by atoms with E-state index in [1.807, 2.05) is 12.1 Å². The lowest BCUT2D eigenvalue weighted by molar-refractivity contribution is 0.319. The van der Waals surface area contributed by atoms with E-state index in [2.05, 4.69) is 18.2 Å². The van der Waals surface area contributed by atoms with Crippen molar-refractivity contribution in [2.45, 2.75) is 13.3 Å². The van der Waals surface area contributed by atoms with Gasteiger partial charge in [0.05, 0.1) is 18.8 Å². The molecule has 0 fully saturated rings. The first-order valence-electron chi connectivity index (χ1n) is 4.87. The molecule has 0 heterocycles. The van der Waals surface area contributed by atoms with Gasteiger partial charge in [0, 0.05) is 5.02 Å². The van der Waals surface area contributed by atoms with Crippen molar-refractivity contribution >= 4 is 17.3 Å². The van der Waals surface area contributed by atoms with Gasteiger partial charge in [0.25, 0.3) is 0 Å². The van der Waals surface area contributed by atoms with Gasteiger partial charge in [-0.05, 0) is 24.6 Å². The zero-order valence-corrected chi connectivity index (χ0v) is 9.47. The van der Waals surface area contributed by atoms with Crippen LogP contribution < -0.4 is 10.1 Å². The minimum atomic E-state index is 0.461. The van der Waals surface area contributed by atoms with Crippen LogP contribution in [0.2, 0.25) is 5.02 Å². The summed E-state index contributed by atoms with van der Waals surface area (Å²) in [6, 6.07) is 5.45. The molecule has 1 N–H and O–H groups in total. The van der Waals surface area contributed by atoms with Crippen LogP contribution in [-0.4, -0.2) is 13.2 Å². The molecule has 0 amide bonds. The Kier molecular flexibility index (Phi) is 4.86. The van der Waals surface area contributed by atoms with Crippen LogP contribution in [0.4, 0.5) is 5.69 Å². The second kappa shape index (κ2) is 6.21. The first-order valence-corrected chi connectivity index (χ1v) is 5.25. The predicted molar refractivity (Wildman–Crippen MR) is 64.6 cm³/mol. The summed E-state index contributed by atoms with van der Waals surface area (Å²) >= 11 is 5.88. The Hall–Kier alpha value is -1.33. The number of rotatable bonds is 5. The number of ether oxygens (including phenoxy) is 1. The summed E-state index contributed by atoms with van der Waals surface area (Å²) in [6.45, 7) is 3.21. The van der Waals surface area contributed by atoms with Crippen LogP contribution in [0.15, 0.2) is 18.2 Å². The number of hydrogen-bond donors (Lipinski definition) is 1. The highest BCUT2D eigenvalue weighted by Gasteiger charge is 2.03. The molecule has 0 bridgehead atoms. The molecule has 0 aromatic heterocycles. The molecule has 0 saturated heterocycles. The molecule has 3 heteroatoms. The molecule has 0 aliphatic heterocycles. The molecule has 1 aromatic rings. The summed E-state index contributed by atoms with van der Waals surface area (Å²) in [6.07, 6.45) is 6.15. The summed E-state index contributed by atoms with van der Waals surface area (Å²) in [5.41, 5.74) is 0.842. The van der Waals surface area contributed by atoms with Crippen molar-refractivity contribution < 1.29 is 4.74 Å². The topological polar surface area (TPSA) is 21.3 Å². The van der Waals surface area contributed by atoms with E-state index in [1.165, 1.54) is 0 Å². The second-order valence-corrected chi connectivity index (χ2v) is 3.48. The van der Waals surface area contributed by atoms with E-state index in [4.69, 9.17) is 22.8 Å². The van der Waals surface area contributed by atoms with Crippen LogP contribution in [0.5, 0.6) is 5.75 Å². The average molecular weight is 224 g/mol. The minimum absolute atomic E-state index is 0.461. The van der Waals surface area contributed by atoms with Gasteiger partial charge in [0.2, 0.25) is 0 Å². The highest BCUT2D eigenvalue weighted by molar-refractivity contribution is 6.30. The Morgan fingerprint density at radius 1 is 1.53 bits per heavy atom. The Bertz CT molecular complexity index is 357. The predicted octanol–water partition coefficient (Wildman–Crippen LogP) is 3.17. The summed E-state index contributed by atoms with van der Waals surface area (Å²) in [4.78, 5) is 0. The van der Waals surface area contributed by atoms with E-state index in [0.29, 0.717) is 18.2 Å². The summed E-state index contributed by atoms with van der Waals surface area (Å²) in [5, 5.41) is 3.73. The van der Waals surface area contributed by atoms with E-state index in [-0.39, 0.29) is 0 Å². The van der Waals surface area contributed by atoms with Crippen LogP contribution >= 0.6 is 11.6 Å². The Balaban J connectivity index is 2.78. The molecule has 1 rings (SSSR count). The molecular weight excluding hydrogens is 210 g/mol. The molecular formula is C12H14ClNO. The Labute approximate surface area is 95.6 Å². The van der Waals surface area contributed by atoms with Gasteiger partial charge in [-0.1, -0.05) is 24.4 Å². The molecule has 0 aliphatic rings. The lowest BCUT2D eigenvalue weighted by Crippen LogP contribution is -2.03. The third-order valence-electron chi connectivity index (χ3n) is 1.78. The first-order chi connectivity index (χ1) is 7.27. The molecule has 0 saturated carbocycles. The van der Waals surface area contributed by atoms with Gasteiger partial charge in [-0.25, -0.2) is 0 Å². The molecule has 0 aliphatic carbocycles. The standard InChI is InChI=1S/C12H14ClNO/c1-3-7-14-11-9-10(13)5-6-12(11)15-8-4-2/h1,5-6,9,14H,4,7-8H2,2H3. The Morgan fingerprint density at radius 3 is 3.00 bits per heavy atom. The third kappa shape index (κ3) is 3.73. The first kappa shape index (κ1) is 11.7. The monoisotopic (exact) mass is 223 g/mol. The van der Waals surface area contributed by atoms with Crippen LogP contribution in [0.1, 0.15) is 13.3 Å². The number of terminal acetylenes is 1. The van der Waals surface area contributed by atoms with Crippen LogP contribution in [0, 0.1) is 12.3 Å². The molecule has 0 atom stereocenters. The van der Waals surface area contributed by atoms with Crippen LogP contribution in [-0.2, 0) is 0 Å². The van der Waals surface area contributed by atoms with Gasteiger partial charge < -0.3 is 10.1 Å². The van der Waals surface area contributed by atoms with E-state index in [0.717, 1.165) is 17.9 Å². The molecule has 0 radical (unpaired) electrons. The summed E-state index contributed by atoms with van der Waals surface area (Å²) in [7, 11) is 0. The number of hydrogen-bond acceptors (Lipinski definition) is 2. The fraction of sp³-hybridized carbons (Fsp3) is 0.333. The SMILES string of the molecule is C#CCNc1cc(Cl)ccc1OCCC. The molecule has 1 aromatic carbocycles. The maximum Gasteiger partial charge on any atom is 0.142 e. The van der Waals surface area contributed by atoms with Gasteiger partial charge in [0.1, 0.15) is 5.75 Å². The fourth-order valence-electron chi connectivity index (χ4n) is 1.12. The lowest BCUT2D eigenvalue weighted by Gasteiger charge is -2.11. The zero-order chi connectivity index (χ0) is 11.1. The second-order valence-electron chi connectivity index (χ2n) is 3.05. The van der Waals surface area contributed by atoms with E-state index in [9.17, 15) is 0 Å². The number of benzene rings is 1. The van der Waals surface area contributed by atoms with Crippen molar-refractivity contribution in [1.82, 2.24) is 0 Å². The maximum absolute atomic E-state index is 5.88. The highest BCUT2D eigenvalue weighted by Crippen LogP contribution is 2.27. The molecule has 80 valence electrons. The van der Waals surface area contributed by atoms with Crippen molar-refractivity contribution in [1.29, 1.82) is 0 Å². The normalized spacial score (nSPS) is 9.40. The third-order valence-corrected chi connectivity index (χ3v) is 2.02. The van der Waals surface area contributed by atoms with Crippen molar-refractivity contribution in [2.75, 3.05) is 18.5 Å². The highest BCUT2D eigenvalue weighted by atomic mass is 35.5. The number of nitrogens with one attached hydrogen (secondary N) is 1. The van der Waals surface area contributed by atoms with Gasteiger partial charge >= 0.3 is 0 Å². The quantitative estimate of drug-likeness (QED) is 0.775. The van der Waals surface area contributed by atoms with Crippen LogP contribution in [0.25, 0.3) is 0 Å². The van der Waals surface area contributed by atoms with Crippen molar-refractivity contribution in [3.05, 3.63) is 23.2 Å². The van der Waals surface area contributed by atoms with E-state index >= 15 is 0 Å². The molecule has 15 heavy (non-hydrogen) atoms. The fourth-order valence-corrected chi connectivity index (χ4v) is 1.30. The largest absolute Gasteiger partial charge is 0.491 e. The minimum Gasteiger partial charge on any atom is -0.491 e. The van der Waals surface area contributed by atoms with Crippen molar-refractivity contribution in [2.24, 2.45) is 0 Å². The van der Waals surface area contributed by atoms with Gasteiger partial charge in [-0.15, -0.1) is 6.42 Å². The molecule has 0 spiro atoms. The van der Waals surface area contributed by atoms with Gasteiger partial charge in [0.15, 0.2) is 0 Å². The van der Waals surface area contributed by atoms with E-state index < -0.39 is 0 Å². The summed E-state index contributed by atoms with van der Waals surface area (Å²) in [5.74, 6) is 3.30. The van der Waals surface area contributed by atoms with Gasteiger partial charge in [-0.3, -0.25) is 0 Å². The van der Waals surface area contributed by atoms with Crippen molar-refractivity contribution in [3.63, 3.8) is 0 Å². The summed E-state index contributed by atoms with van der Waals surface area (Å²) < 4.78 is 5.55. The zero-order valence-electron chi connectivity index (χ0n) is 8.72. The van der Waals surface area contributed by atoms with Gasteiger partial charge in [-0.2, -0.15) is 0 Å². The number of halogens is 1. The number of anilines is 1. The van der Waals surface area contributed by atoms with Crippen LogP contribution in [0.3, 0.4) is 0 Å².